The normalized spacial score (nSPS) is 11.7. The Morgan fingerprint density at radius 1 is 0.714 bits per heavy atom. The molecule has 0 aliphatic heterocycles. The van der Waals surface area contributed by atoms with Crippen molar-refractivity contribution in [3.8, 4) is 5.75 Å². The maximum atomic E-state index is 13.9. The number of hydrogen-bond donors (Lipinski definition) is 1. The molecule has 1 N–H and O–H groups in total. The number of rotatable bonds is 6. The van der Waals surface area contributed by atoms with Gasteiger partial charge in [0.1, 0.15) is 11.3 Å². The molecule has 0 saturated carbocycles. The van der Waals surface area contributed by atoms with Crippen molar-refractivity contribution < 1.29 is 5.11 Å². The standard InChI is InChI=1S/C37H29N3O2/c1-26-33(24-39-22-21-32-34(41)23-27-13-11-12-20-31(27)35(32)36(39)42)38-25-40(26)37(28-14-5-2-6-15-28,29-16-7-3-8-17-29)30-18-9-4-10-19-30/h2-23,25,41H,24H2,1H3. The van der Waals surface area contributed by atoms with E-state index in [0.29, 0.717) is 17.3 Å². The molecule has 0 saturated heterocycles. The third kappa shape index (κ3) is 3.93. The minimum absolute atomic E-state index is 0.103. The van der Waals surface area contributed by atoms with Crippen LogP contribution in [0.15, 0.2) is 145 Å². The topological polar surface area (TPSA) is 60.1 Å². The highest BCUT2D eigenvalue weighted by Gasteiger charge is 2.39. The third-order valence-electron chi connectivity index (χ3n) is 8.33. The Hall–Kier alpha value is -5.42. The first-order valence-corrected chi connectivity index (χ1v) is 14.0. The first-order valence-electron chi connectivity index (χ1n) is 14.0. The Kier molecular flexibility index (Phi) is 6.20. The fourth-order valence-corrected chi connectivity index (χ4v) is 6.30. The average molecular weight is 548 g/mol. The number of hydrogen-bond acceptors (Lipinski definition) is 3. The van der Waals surface area contributed by atoms with Gasteiger partial charge in [0.05, 0.1) is 24.0 Å². The minimum Gasteiger partial charge on any atom is -0.507 e. The largest absolute Gasteiger partial charge is 0.507 e. The number of phenolic OH excluding ortho intramolecular Hbond substituents is 1. The monoisotopic (exact) mass is 547 g/mol. The Labute approximate surface area is 243 Å². The number of phenols is 1. The van der Waals surface area contributed by atoms with Gasteiger partial charge in [0, 0.05) is 17.3 Å². The summed E-state index contributed by atoms with van der Waals surface area (Å²) >= 11 is 0. The van der Waals surface area contributed by atoms with E-state index in [4.69, 9.17) is 4.98 Å². The van der Waals surface area contributed by atoms with Gasteiger partial charge >= 0.3 is 0 Å². The fraction of sp³-hybridized carbons (Fsp3) is 0.0811. The number of imidazole rings is 1. The summed E-state index contributed by atoms with van der Waals surface area (Å²) in [5.41, 5.74) is 4.24. The van der Waals surface area contributed by atoms with E-state index < -0.39 is 5.54 Å². The molecule has 0 aliphatic carbocycles. The lowest BCUT2D eigenvalue weighted by molar-refractivity contribution is 0.482. The molecule has 0 atom stereocenters. The highest BCUT2D eigenvalue weighted by molar-refractivity contribution is 6.09. The minimum atomic E-state index is -0.685. The van der Waals surface area contributed by atoms with E-state index in [-0.39, 0.29) is 11.3 Å². The molecule has 7 rings (SSSR count). The van der Waals surface area contributed by atoms with Crippen LogP contribution in [-0.4, -0.2) is 19.2 Å². The van der Waals surface area contributed by atoms with E-state index in [9.17, 15) is 9.90 Å². The third-order valence-corrected chi connectivity index (χ3v) is 8.33. The lowest BCUT2D eigenvalue weighted by Crippen LogP contribution is -2.38. The van der Waals surface area contributed by atoms with Crippen molar-refractivity contribution in [2.24, 2.45) is 0 Å². The molecule has 0 aliphatic rings. The summed E-state index contributed by atoms with van der Waals surface area (Å²) in [5.74, 6) is 0.103. The smallest absolute Gasteiger partial charge is 0.259 e. The molecule has 0 amide bonds. The van der Waals surface area contributed by atoms with Gasteiger partial charge in [0.2, 0.25) is 0 Å². The van der Waals surface area contributed by atoms with Crippen molar-refractivity contribution in [2.45, 2.75) is 19.0 Å². The molecule has 2 heterocycles. The zero-order valence-corrected chi connectivity index (χ0v) is 23.2. The number of fused-ring (bicyclic) bond motifs is 3. The van der Waals surface area contributed by atoms with Crippen LogP contribution in [0.5, 0.6) is 5.75 Å². The molecule has 2 aromatic heterocycles. The second-order valence-corrected chi connectivity index (χ2v) is 10.6. The SMILES string of the molecule is Cc1c(Cn2ccc3c(O)cc4ccccc4c3c2=O)ncn1C(c1ccccc1)(c1ccccc1)c1ccccc1. The zero-order valence-electron chi connectivity index (χ0n) is 23.2. The van der Waals surface area contributed by atoms with Gasteiger partial charge in [-0.15, -0.1) is 0 Å². The number of benzene rings is 5. The molecule has 5 aromatic carbocycles. The van der Waals surface area contributed by atoms with Crippen molar-refractivity contribution in [1.82, 2.24) is 14.1 Å². The lowest BCUT2D eigenvalue weighted by atomic mass is 9.76. The van der Waals surface area contributed by atoms with E-state index in [1.807, 2.05) is 54.9 Å². The molecule has 0 fully saturated rings. The van der Waals surface area contributed by atoms with E-state index in [2.05, 4.69) is 84.3 Å². The molecule has 204 valence electrons. The number of pyridine rings is 1. The quantitative estimate of drug-likeness (QED) is 0.176. The molecule has 7 aromatic rings. The van der Waals surface area contributed by atoms with Gasteiger partial charge < -0.3 is 14.2 Å². The summed E-state index contributed by atoms with van der Waals surface area (Å²) in [7, 11) is 0. The summed E-state index contributed by atoms with van der Waals surface area (Å²) in [4.78, 5) is 18.8. The summed E-state index contributed by atoms with van der Waals surface area (Å²) in [6.45, 7) is 2.37. The molecule has 5 heteroatoms. The Morgan fingerprint density at radius 3 is 1.86 bits per heavy atom. The van der Waals surface area contributed by atoms with Crippen molar-refractivity contribution in [1.29, 1.82) is 0 Å². The van der Waals surface area contributed by atoms with Gasteiger partial charge in [-0.2, -0.15) is 0 Å². The average Bonchev–Trinajstić information content (AvgIpc) is 3.40. The van der Waals surface area contributed by atoms with E-state index in [1.165, 1.54) is 0 Å². The molecular formula is C37H29N3O2. The summed E-state index contributed by atoms with van der Waals surface area (Å²) in [6.07, 6.45) is 3.64. The van der Waals surface area contributed by atoms with E-state index in [0.717, 1.165) is 38.9 Å². The second kappa shape index (κ2) is 10.2. The van der Waals surface area contributed by atoms with Gasteiger partial charge in [-0.1, -0.05) is 115 Å². The van der Waals surface area contributed by atoms with E-state index in [1.54, 1.807) is 16.8 Å². The van der Waals surface area contributed by atoms with Crippen molar-refractivity contribution in [3.63, 3.8) is 0 Å². The molecule has 0 bridgehead atoms. The summed E-state index contributed by atoms with van der Waals surface area (Å²) in [6, 6.07) is 42.6. The Morgan fingerprint density at radius 2 is 1.26 bits per heavy atom. The van der Waals surface area contributed by atoms with Crippen LogP contribution in [0.25, 0.3) is 21.5 Å². The summed E-state index contributed by atoms with van der Waals surface area (Å²) < 4.78 is 3.92. The molecule has 0 unspecified atom stereocenters. The first kappa shape index (κ1) is 25.5. The van der Waals surface area contributed by atoms with Crippen LogP contribution in [0, 0.1) is 6.92 Å². The number of nitrogens with zero attached hydrogens (tertiary/aromatic N) is 3. The highest BCUT2D eigenvalue weighted by atomic mass is 16.3. The zero-order chi connectivity index (χ0) is 28.7. The van der Waals surface area contributed by atoms with Gasteiger partial charge in [0.25, 0.3) is 5.56 Å². The maximum Gasteiger partial charge on any atom is 0.259 e. The van der Waals surface area contributed by atoms with Gasteiger partial charge in [-0.05, 0) is 46.5 Å². The van der Waals surface area contributed by atoms with Gasteiger partial charge in [0.15, 0.2) is 0 Å². The van der Waals surface area contributed by atoms with E-state index >= 15 is 0 Å². The molecule has 0 radical (unpaired) electrons. The first-order chi connectivity index (χ1) is 20.6. The number of aromatic hydroxyl groups is 1. The Balaban J connectivity index is 1.43. The fourth-order valence-electron chi connectivity index (χ4n) is 6.30. The predicted octanol–water partition coefficient (Wildman–Crippen LogP) is 7.25. The van der Waals surface area contributed by atoms with Gasteiger partial charge in [-0.25, -0.2) is 4.98 Å². The van der Waals surface area contributed by atoms with Crippen LogP contribution >= 0.6 is 0 Å². The molecule has 5 nitrogen and oxygen atoms in total. The molecule has 42 heavy (non-hydrogen) atoms. The Bertz CT molecular complexity index is 2000. The van der Waals surface area contributed by atoms with Crippen molar-refractivity contribution >= 4 is 21.5 Å². The van der Waals surface area contributed by atoms with Crippen LogP contribution in [-0.2, 0) is 12.1 Å². The molecule has 0 spiro atoms. The van der Waals surface area contributed by atoms with Crippen LogP contribution in [0.2, 0.25) is 0 Å². The van der Waals surface area contributed by atoms with Crippen LogP contribution < -0.4 is 5.56 Å². The van der Waals surface area contributed by atoms with Gasteiger partial charge in [-0.3, -0.25) is 4.79 Å². The summed E-state index contributed by atoms with van der Waals surface area (Å²) in [5, 5.41) is 13.4. The van der Waals surface area contributed by atoms with Crippen LogP contribution in [0.1, 0.15) is 28.1 Å². The second-order valence-electron chi connectivity index (χ2n) is 10.6. The van der Waals surface area contributed by atoms with Crippen LogP contribution in [0.3, 0.4) is 0 Å². The van der Waals surface area contributed by atoms with Crippen molar-refractivity contribution in [2.75, 3.05) is 0 Å². The molecular weight excluding hydrogens is 518 g/mol. The van der Waals surface area contributed by atoms with Crippen molar-refractivity contribution in [3.05, 3.63) is 178 Å². The number of aromatic nitrogens is 3. The van der Waals surface area contributed by atoms with Crippen LogP contribution in [0.4, 0.5) is 0 Å². The highest BCUT2D eigenvalue weighted by Crippen LogP contribution is 2.42. The lowest BCUT2D eigenvalue weighted by Gasteiger charge is -2.38. The predicted molar refractivity (Wildman–Crippen MR) is 168 cm³/mol. The maximum absolute atomic E-state index is 13.9.